The van der Waals surface area contributed by atoms with Gasteiger partial charge in [-0.25, -0.2) is 9.48 Å². The maximum atomic E-state index is 10.6. The minimum Gasteiger partial charge on any atom is -0.476 e. The number of carbonyl (C=O) groups is 1. The number of aromatic nitrogens is 4. The number of hydrogen-bond donors (Lipinski definition) is 1. The van der Waals surface area contributed by atoms with E-state index in [2.05, 4.69) is 10.2 Å². The van der Waals surface area contributed by atoms with Crippen LogP contribution in [0.5, 0.6) is 0 Å². The lowest BCUT2D eigenvalue weighted by atomic mass is 10.4. The molecule has 1 N–H and O–H groups in total. The zero-order chi connectivity index (χ0) is 11.0. The molecule has 6 heteroatoms. The third-order valence-corrected chi connectivity index (χ3v) is 2.14. The number of nitrogens with zero attached hydrogens (tertiary/aromatic N) is 4. The lowest BCUT2D eigenvalue weighted by Crippen LogP contribution is -2.02. The van der Waals surface area contributed by atoms with E-state index in [-0.39, 0.29) is 5.69 Å². The Hall–Kier alpha value is -2.11. The van der Waals surface area contributed by atoms with Crippen LogP contribution in [0.2, 0.25) is 0 Å². The number of hydrogen-bond acceptors (Lipinski definition) is 3. The van der Waals surface area contributed by atoms with Crippen LogP contribution in [0.15, 0.2) is 18.3 Å². The molecule has 0 spiro atoms. The highest BCUT2D eigenvalue weighted by Gasteiger charge is 2.09. The van der Waals surface area contributed by atoms with E-state index in [0.29, 0.717) is 5.82 Å². The molecule has 0 saturated heterocycles. The number of carboxylic acid groups (broad SMARTS) is 1. The normalized spacial score (nSPS) is 10.5. The maximum Gasteiger partial charge on any atom is 0.356 e. The van der Waals surface area contributed by atoms with Crippen LogP contribution in [0.4, 0.5) is 0 Å². The monoisotopic (exact) mass is 206 g/mol. The molecule has 0 aliphatic carbocycles. The highest BCUT2D eigenvalue weighted by Crippen LogP contribution is 2.07. The van der Waals surface area contributed by atoms with E-state index in [9.17, 15) is 4.79 Å². The second-order valence-electron chi connectivity index (χ2n) is 3.22. The van der Waals surface area contributed by atoms with Gasteiger partial charge in [0.25, 0.3) is 0 Å². The minimum absolute atomic E-state index is 0.0123. The largest absolute Gasteiger partial charge is 0.476 e. The van der Waals surface area contributed by atoms with Crippen molar-refractivity contribution in [3.8, 4) is 5.82 Å². The summed E-state index contributed by atoms with van der Waals surface area (Å²) in [5, 5.41) is 16.8. The molecule has 0 unspecified atom stereocenters. The molecule has 2 aromatic rings. The third kappa shape index (κ3) is 1.61. The van der Waals surface area contributed by atoms with Gasteiger partial charge in [0.2, 0.25) is 0 Å². The van der Waals surface area contributed by atoms with Gasteiger partial charge in [0.15, 0.2) is 11.5 Å². The van der Waals surface area contributed by atoms with Crippen LogP contribution in [0.1, 0.15) is 16.2 Å². The van der Waals surface area contributed by atoms with Crippen LogP contribution in [-0.2, 0) is 7.05 Å². The summed E-state index contributed by atoms with van der Waals surface area (Å²) in [6.07, 6.45) is 1.57. The van der Waals surface area contributed by atoms with Crippen molar-refractivity contribution in [2.24, 2.45) is 7.05 Å². The van der Waals surface area contributed by atoms with Gasteiger partial charge >= 0.3 is 5.97 Å². The summed E-state index contributed by atoms with van der Waals surface area (Å²) in [7, 11) is 1.82. The highest BCUT2D eigenvalue weighted by atomic mass is 16.4. The fourth-order valence-corrected chi connectivity index (χ4v) is 1.22. The molecule has 0 aliphatic heterocycles. The molecule has 15 heavy (non-hydrogen) atoms. The van der Waals surface area contributed by atoms with Crippen molar-refractivity contribution in [1.29, 1.82) is 0 Å². The second kappa shape index (κ2) is 3.23. The molecular formula is C9H10N4O2. The maximum absolute atomic E-state index is 10.6. The Morgan fingerprint density at radius 2 is 2.20 bits per heavy atom. The van der Waals surface area contributed by atoms with E-state index in [1.165, 1.54) is 10.7 Å². The Morgan fingerprint density at radius 3 is 2.67 bits per heavy atom. The third-order valence-electron chi connectivity index (χ3n) is 2.14. The molecule has 0 radical (unpaired) electrons. The van der Waals surface area contributed by atoms with E-state index >= 15 is 0 Å². The van der Waals surface area contributed by atoms with Gasteiger partial charge in [-0.15, -0.1) is 0 Å². The summed E-state index contributed by atoms with van der Waals surface area (Å²) in [4.78, 5) is 10.6. The van der Waals surface area contributed by atoms with Crippen LogP contribution in [0, 0.1) is 6.92 Å². The summed E-state index contributed by atoms with van der Waals surface area (Å²) in [6.45, 7) is 1.91. The molecule has 2 heterocycles. The van der Waals surface area contributed by atoms with Crippen LogP contribution >= 0.6 is 0 Å². The van der Waals surface area contributed by atoms with E-state index in [1.54, 1.807) is 10.9 Å². The van der Waals surface area contributed by atoms with Crippen molar-refractivity contribution in [2.45, 2.75) is 6.92 Å². The van der Waals surface area contributed by atoms with Crippen LogP contribution in [-0.4, -0.2) is 30.6 Å². The molecule has 0 atom stereocenters. The van der Waals surface area contributed by atoms with Crippen LogP contribution in [0.3, 0.4) is 0 Å². The smallest absolute Gasteiger partial charge is 0.356 e. The number of aromatic carboxylic acids is 1. The topological polar surface area (TPSA) is 72.9 Å². The van der Waals surface area contributed by atoms with Crippen LogP contribution in [0.25, 0.3) is 5.82 Å². The van der Waals surface area contributed by atoms with Gasteiger partial charge in [0, 0.05) is 25.0 Å². The molecule has 0 aliphatic rings. The van der Waals surface area contributed by atoms with Crippen molar-refractivity contribution in [3.63, 3.8) is 0 Å². The van der Waals surface area contributed by atoms with Gasteiger partial charge in [-0.1, -0.05) is 0 Å². The van der Waals surface area contributed by atoms with Gasteiger partial charge in [-0.3, -0.25) is 4.68 Å². The lowest BCUT2D eigenvalue weighted by molar-refractivity contribution is 0.0690. The summed E-state index contributed by atoms with van der Waals surface area (Å²) in [5.74, 6) is -0.427. The minimum atomic E-state index is -1.04. The summed E-state index contributed by atoms with van der Waals surface area (Å²) < 4.78 is 3.15. The zero-order valence-electron chi connectivity index (χ0n) is 8.38. The average Bonchev–Trinajstić information content (AvgIpc) is 2.74. The quantitative estimate of drug-likeness (QED) is 0.781. The summed E-state index contributed by atoms with van der Waals surface area (Å²) >= 11 is 0. The first-order chi connectivity index (χ1) is 7.08. The van der Waals surface area contributed by atoms with Gasteiger partial charge in [0.1, 0.15) is 0 Å². The van der Waals surface area contributed by atoms with Crippen molar-refractivity contribution in [2.75, 3.05) is 0 Å². The molecule has 0 bridgehead atoms. The van der Waals surface area contributed by atoms with E-state index in [4.69, 9.17) is 5.11 Å². The lowest BCUT2D eigenvalue weighted by Gasteiger charge is -1.93. The van der Waals surface area contributed by atoms with E-state index < -0.39 is 5.97 Å². The molecule has 0 amide bonds. The Morgan fingerprint density at radius 1 is 1.47 bits per heavy atom. The molecule has 0 saturated carbocycles. The standard InChI is InChI=1S/C9H10N4O2/c1-6-5-8(11-12(6)2)13-4-3-7(10-13)9(14)15/h3-5H,1-2H3,(H,14,15). The Bertz CT molecular complexity index is 492. The first kappa shape index (κ1) is 9.45. The molecule has 2 aromatic heterocycles. The molecule has 2 rings (SSSR count). The average molecular weight is 206 g/mol. The number of aryl methyl sites for hydroxylation is 2. The molecular weight excluding hydrogens is 196 g/mol. The van der Waals surface area contributed by atoms with Crippen molar-refractivity contribution in [3.05, 3.63) is 29.7 Å². The number of carboxylic acids is 1. The molecule has 6 nitrogen and oxygen atoms in total. The van der Waals surface area contributed by atoms with Crippen molar-refractivity contribution in [1.82, 2.24) is 19.6 Å². The van der Waals surface area contributed by atoms with Gasteiger partial charge < -0.3 is 5.11 Å². The Balaban J connectivity index is 2.41. The summed E-state index contributed by atoms with van der Waals surface area (Å²) in [6, 6.07) is 3.27. The SMILES string of the molecule is Cc1cc(-n2ccc(C(=O)O)n2)nn1C. The van der Waals surface area contributed by atoms with Crippen molar-refractivity contribution >= 4 is 5.97 Å². The summed E-state index contributed by atoms with van der Waals surface area (Å²) in [5.41, 5.74) is 0.996. The highest BCUT2D eigenvalue weighted by molar-refractivity contribution is 5.85. The molecule has 0 fully saturated rings. The fraction of sp³-hybridized carbons (Fsp3) is 0.222. The number of rotatable bonds is 2. The predicted molar refractivity (Wildman–Crippen MR) is 52.0 cm³/mol. The van der Waals surface area contributed by atoms with Gasteiger partial charge in [-0.2, -0.15) is 10.2 Å². The first-order valence-corrected chi connectivity index (χ1v) is 4.38. The molecule has 0 aromatic carbocycles. The van der Waals surface area contributed by atoms with E-state index in [1.807, 2.05) is 20.0 Å². The van der Waals surface area contributed by atoms with E-state index in [0.717, 1.165) is 5.69 Å². The van der Waals surface area contributed by atoms with Crippen LogP contribution < -0.4 is 0 Å². The zero-order valence-corrected chi connectivity index (χ0v) is 8.38. The predicted octanol–water partition coefficient (Wildman–Crippen LogP) is 0.612. The first-order valence-electron chi connectivity index (χ1n) is 4.38. The van der Waals surface area contributed by atoms with Gasteiger partial charge in [0.05, 0.1) is 0 Å². The molecule has 78 valence electrons. The van der Waals surface area contributed by atoms with Crippen molar-refractivity contribution < 1.29 is 9.90 Å². The Kier molecular flexibility index (Phi) is 2.03. The second-order valence-corrected chi connectivity index (χ2v) is 3.22. The van der Waals surface area contributed by atoms with Gasteiger partial charge in [-0.05, 0) is 13.0 Å². The Labute approximate surface area is 85.8 Å². The fourth-order valence-electron chi connectivity index (χ4n) is 1.22.